The lowest BCUT2D eigenvalue weighted by molar-refractivity contribution is 0.315. The van der Waals surface area contributed by atoms with Crippen LogP contribution in [0.2, 0.25) is 0 Å². The number of nitrogens with zero attached hydrogens (tertiary/aromatic N) is 1. The molecule has 0 spiro atoms. The Labute approximate surface area is 92.6 Å². The average Bonchev–Trinajstić information content (AvgIpc) is 2.15. The molecule has 1 aromatic carbocycles. The predicted molar refractivity (Wildman–Crippen MR) is 63.9 cm³/mol. The van der Waals surface area contributed by atoms with Gasteiger partial charge in [-0.05, 0) is 24.2 Å². The van der Waals surface area contributed by atoms with Gasteiger partial charge in [0.2, 0.25) is 7.41 Å². The molecule has 3 heteroatoms. The highest BCUT2D eigenvalue weighted by atomic mass is 19.1. The Hall–Kier alpha value is -0.825. The monoisotopic (exact) mass is 206 g/mol. The summed E-state index contributed by atoms with van der Waals surface area (Å²) in [5.74, 6) is -0.187. The van der Waals surface area contributed by atoms with Gasteiger partial charge in [-0.3, -0.25) is 0 Å². The first-order valence-corrected chi connectivity index (χ1v) is 5.38. The van der Waals surface area contributed by atoms with E-state index >= 15 is 0 Å². The highest BCUT2D eigenvalue weighted by Crippen LogP contribution is 2.03. The Morgan fingerprint density at radius 2 is 1.47 bits per heavy atom. The summed E-state index contributed by atoms with van der Waals surface area (Å²) < 4.78 is 12.7. The molecule has 0 heterocycles. The molecule has 0 fully saturated rings. The summed E-state index contributed by atoms with van der Waals surface area (Å²) >= 11 is 0. The molecule has 1 nitrogen and oxygen atoms in total. The van der Waals surface area contributed by atoms with E-state index in [1.54, 1.807) is 12.1 Å². The SMILES string of the molecule is CC(C)N([B]c1ccc(F)cc1)C(C)C. The van der Waals surface area contributed by atoms with Gasteiger partial charge in [0.05, 0.1) is 0 Å². The Balaban J connectivity index is 2.70. The van der Waals surface area contributed by atoms with Gasteiger partial charge in [0.1, 0.15) is 5.82 Å². The molecule has 0 bridgehead atoms. The van der Waals surface area contributed by atoms with E-state index in [1.165, 1.54) is 12.1 Å². The maximum Gasteiger partial charge on any atom is 0.248 e. The third-order valence-electron chi connectivity index (χ3n) is 2.36. The summed E-state index contributed by atoms with van der Waals surface area (Å²) in [6.07, 6.45) is 0. The van der Waals surface area contributed by atoms with Gasteiger partial charge in [-0.1, -0.05) is 45.3 Å². The zero-order valence-corrected chi connectivity index (χ0v) is 9.87. The number of halogens is 1. The van der Waals surface area contributed by atoms with Gasteiger partial charge in [-0.2, -0.15) is 0 Å². The van der Waals surface area contributed by atoms with Crippen molar-refractivity contribution in [2.75, 3.05) is 0 Å². The van der Waals surface area contributed by atoms with Gasteiger partial charge < -0.3 is 4.81 Å². The molecule has 0 saturated carbocycles. The smallest absolute Gasteiger partial charge is 0.248 e. The minimum atomic E-state index is -0.187. The molecule has 0 aromatic heterocycles. The van der Waals surface area contributed by atoms with Crippen molar-refractivity contribution in [3.63, 3.8) is 0 Å². The summed E-state index contributed by atoms with van der Waals surface area (Å²) in [4.78, 5) is 2.26. The molecule has 0 aliphatic carbocycles. The molecule has 81 valence electrons. The number of benzene rings is 1. The van der Waals surface area contributed by atoms with E-state index < -0.39 is 0 Å². The van der Waals surface area contributed by atoms with E-state index in [-0.39, 0.29) is 5.82 Å². The summed E-state index contributed by atoms with van der Waals surface area (Å²) in [7, 11) is 2.08. The second kappa shape index (κ2) is 5.31. The minimum absolute atomic E-state index is 0.187. The molecule has 0 aliphatic rings. The van der Waals surface area contributed by atoms with Crippen LogP contribution in [0.3, 0.4) is 0 Å². The number of rotatable bonds is 4. The summed E-state index contributed by atoms with van der Waals surface area (Å²) in [6, 6.07) is 7.49. The first kappa shape index (κ1) is 12.2. The van der Waals surface area contributed by atoms with Crippen molar-refractivity contribution in [3.8, 4) is 0 Å². The fourth-order valence-corrected chi connectivity index (χ4v) is 1.62. The molecule has 1 rings (SSSR count). The fourth-order valence-electron chi connectivity index (χ4n) is 1.62. The lowest BCUT2D eigenvalue weighted by Crippen LogP contribution is -2.45. The molecular weight excluding hydrogens is 188 g/mol. The van der Waals surface area contributed by atoms with Gasteiger partial charge in [0, 0.05) is 0 Å². The number of hydrogen-bond donors (Lipinski definition) is 0. The lowest BCUT2D eigenvalue weighted by atomic mass is 9.78. The van der Waals surface area contributed by atoms with Crippen molar-refractivity contribution in [2.24, 2.45) is 0 Å². The molecule has 15 heavy (non-hydrogen) atoms. The third kappa shape index (κ3) is 3.67. The van der Waals surface area contributed by atoms with Crippen molar-refractivity contribution in [1.29, 1.82) is 0 Å². The zero-order chi connectivity index (χ0) is 11.4. The molecule has 0 aliphatic heterocycles. The van der Waals surface area contributed by atoms with Crippen LogP contribution in [0.15, 0.2) is 24.3 Å². The van der Waals surface area contributed by atoms with Gasteiger partial charge in [-0.25, -0.2) is 4.39 Å². The fraction of sp³-hybridized carbons (Fsp3) is 0.500. The van der Waals surface area contributed by atoms with Gasteiger partial charge in [0.15, 0.2) is 0 Å². The van der Waals surface area contributed by atoms with Crippen LogP contribution in [0, 0.1) is 5.82 Å². The van der Waals surface area contributed by atoms with E-state index in [0.717, 1.165) is 5.46 Å². The molecule has 0 atom stereocenters. The average molecular weight is 206 g/mol. The second-order valence-electron chi connectivity index (χ2n) is 4.32. The number of hydrogen-bond acceptors (Lipinski definition) is 1. The minimum Gasteiger partial charge on any atom is -0.338 e. The molecule has 0 amide bonds. The third-order valence-corrected chi connectivity index (χ3v) is 2.36. The highest BCUT2D eigenvalue weighted by Gasteiger charge is 2.14. The molecule has 0 unspecified atom stereocenters. The van der Waals surface area contributed by atoms with E-state index in [9.17, 15) is 4.39 Å². The van der Waals surface area contributed by atoms with Crippen LogP contribution in [0.1, 0.15) is 27.7 Å². The second-order valence-corrected chi connectivity index (χ2v) is 4.32. The maximum absolute atomic E-state index is 12.7. The Kier molecular flexibility index (Phi) is 4.34. The van der Waals surface area contributed by atoms with Crippen molar-refractivity contribution < 1.29 is 4.39 Å². The van der Waals surface area contributed by atoms with Crippen LogP contribution in [0.5, 0.6) is 0 Å². The molecule has 0 saturated heterocycles. The van der Waals surface area contributed by atoms with Crippen LogP contribution < -0.4 is 5.46 Å². The van der Waals surface area contributed by atoms with Crippen LogP contribution >= 0.6 is 0 Å². The predicted octanol–water partition coefficient (Wildman–Crippen LogP) is 2.19. The zero-order valence-electron chi connectivity index (χ0n) is 9.87. The topological polar surface area (TPSA) is 3.24 Å². The van der Waals surface area contributed by atoms with Crippen LogP contribution in [0.4, 0.5) is 4.39 Å². The van der Waals surface area contributed by atoms with Crippen molar-refractivity contribution in [1.82, 2.24) is 4.81 Å². The first-order chi connectivity index (χ1) is 7.00. The van der Waals surface area contributed by atoms with Crippen LogP contribution in [0.25, 0.3) is 0 Å². The Morgan fingerprint density at radius 3 is 1.87 bits per heavy atom. The Bertz CT molecular complexity index is 287. The van der Waals surface area contributed by atoms with Crippen molar-refractivity contribution in [3.05, 3.63) is 30.1 Å². The molecule has 1 aromatic rings. The van der Waals surface area contributed by atoms with E-state index in [2.05, 4.69) is 39.9 Å². The standard InChI is InChI=1S/C12H18BFN/c1-9(2)15(10(3)4)13-11-5-7-12(14)8-6-11/h5-10H,1-4H3. The highest BCUT2D eigenvalue weighted by molar-refractivity contribution is 6.50. The van der Waals surface area contributed by atoms with Gasteiger partial charge in [-0.15, -0.1) is 0 Å². The van der Waals surface area contributed by atoms with Crippen LogP contribution in [-0.4, -0.2) is 24.3 Å². The quantitative estimate of drug-likeness (QED) is 0.682. The van der Waals surface area contributed by atoms with Gasteiger partial charge >= 0.3 is 0 Å². The van der Waals surface area contributed by atoms with E-state index in [4.69, 9.17) is 0 Å². The Morgan fingerprint density at radius 1 is 1.00 bits per heavy atom. The molecule has 0 N–H and O–H groups in total. The largest absolute Gasteiger partial charge is 0.338 e. The van der Waals surface area contributed by atoms with E-state index in [0.29, 0.717) is 12.1 Å². The summed E-state index contributed by atoms with van der Waals surface area (Å²) in [5.41, 5.74) is 1.04. The normalized spacial score (nSPS) is 11.5. The lowest BCUT2D eigenvalue weighted by Gasteiger charge is -2.30. The van der Waals surface area contributed by atoms with Crippen molar-refractivity contribution in [2.45, 2.75) is 39.8 Å². The van der Waals surface area contributed by atoms with Crippen molar-refractivity contribution >= 4 is 12.9 Å². The maximum atomic E-state index is 12.7. The summed E-state index contributed by atoms with van der Waals surface area (Å²) in [5, 5.41) is 0. The van der Waals surface area contributed by atoms with Crippen LogP contribution in [-0.2, 0) is 0 Å². The van der Waals surface area contributed by atoms with Gasteiger partial charge in [0.25, 0.3) is 0 Å². The summed E-state index contributed by atoms with van der Waals surface area (Å²) in [6.45, 7) is 8.61. The molecule has 1 radical (unpaired) electrons. The first-order valence-electron chi connectivity index (χ1n) is 5.38. The molecular formula is C12H18BFN. The van der Waals surface area contributed by atoms with E-state index in [1.807, 2.05) is 0 Å².